The first-order chi connectivity index (χ1) is 11.4. The van der Waals surface area contributed by atoms with Crippen LogP contribution in [0.1, 0.15) is 110 Å². The number of hydrogen-bond acceptors (Lipinski definition) is 5. The molecule has 0 aliphatic heterocycles. The van der Waals surface area contributed by atoms with E-state index >= 15 is 0 Å². The van der Waals surface area contributed by atoms with E-state index in [9.17, 15) is 5.11 Å². The van der Waals surface area contributed by atoms with Crippen molar-refractivity contribution in [1.29, 1.82) is 0 Å². The average Bonchev–Trinajstić information content (AvgIpc) is 2.49. The van der Waals surface area contributed by atoms with Gasteiger partial charge < -0.3 is 49.0 Å². The summed E-state index contributed by atoms with van der Waals surface area (Å²) in [5.41, 5.74) is 0. The highest BCUT2D eigenvalue weighted by molar-refractivity contribution is 7.40. The Morgan fingerprint density at radius 3 is 0.857 bits per heavy atom. The normalized spacial score (nSPS) is 9.61. The molecule has 16 N–H and O–H groups in total. The molecule has 0 amide bonds. The van der Waals surface area contributed by atoms with Crippen molar-refractivity contribution in [2.45, 2.75) is 110 Å². The van der Waals surface area contributed by atoms with Crippen molar-refractivity contribution < 1.29 is 24.4 Å². The summed E-state index contributed by atoms with van der Waals surface area (Å²) < 4.78 is 8.55. The van der Waals surface area contributed by atoms with Gasteiger partial charge in [-0.05, 0) is 0 Å². The van der Waals surface area contributed by atoms with Crippen LogP contribution in [0.3, 0.4) is 0 Å². The first-order valence-electron chi connectivity index (χ1n) is 9.73. The molecule has 0 rings (SSSR count). The van der Waals surface area contributed by atoms with Gasteiger partial charge in [-0.1, -0.05) is 110 Å². The Morgan fingerprint density at radius 2 is 0.679 bits per heavy atom. The minimum absolute atomic E-state index is 0. The molecule has 0 aromatic heterocycles. The highest BCUT2D eigenvalue weighted by atomic mass is 31.2. The maximum Gasteiger partial charge on any atom is -0.0533 e. The second kappa shape index (κ2) is 34.4. The van der Waals surface area contributed by atoms with Gasteiger partial charge in [-0.2, -0.15) is 7.82 Å². The van der Waals surface area contributed by atoms with Crippen LogP contribution in [0.5, 0.6) is 0 Å². The topological polar surface area (TPSA) is 255 Å². The van der Waals surface area contributed by atoms with Crippen LogP contribution >= 0.6 is 7.82 Å². The van der Waals surface area contributed by atoms with Crippen molar-refractivity contribution in [2.75, 3.05) is 6.61 Å². The molecule has 0 aliphatic carbocycles. The van der Waals surface area contributed by atoms with Crippen molar-refractivity contribution in [3.05, 3.63) is 0 Å². The summed E-state index contributed by atoms with van der Waals surface area (Å²) in [5, 5.41) is 10.3. The van der Waals surface area contributed by atoms with E-state index in [4.69, 9.17) is 19.2 Å². The van der Waals surface area contributed by atoms with Crippen LogP contribution in [0.25, 0.3) is 0 Å². The predicted octanol–water partition coefficient (Wildman–Crippen LogP) is 4.29. The van der Waals surface area contributed by atoms with E-state index in [1.165, 1.54) is 89.9 Å². The van der Waals surface area contributed by atoms with Gasteiger partial charge in [0.25, 0.3) is 0 Å². The fourth-order valence-corrected chi connectivity index (χ4v) is 2.65. The summed E-state index contributed by atoms with van der Waals surface area (Å²) in [4.78, 5) is 25.6. The molecule has 0 aromatic carbocycles. The third-order valence-corrected chi connectivity index (χ3v) is 4.00. The van der Waals surface area contributed by atoms with Gasteiger partial charge in [-0.15, -0.1) is 6.61 Å². The van der Waals surface area contributed by atoms with Crippen LogP contribution in [-0.4, -0.2) is 6.61 Å². The monoisotopic (exact) mass is 436 g/mol. The molecule has 0 unspecified atom stereocenters. The molecular formula is C18H53N4O5P. The van der Waals surface area contributed by atoms with Crippen LogP contribution in [0.15, 0.2) is 0 Å². The van der Waals surface area contributed by atoms with Crippen LogP contribution in [0.2, 0.25) is 0 Å². The molecule has 0 aromatic rings. The molecule has 0 saturated carbocycles. The van der Waals surface area contributed by atoms with E-state index < -0.39 is 7.82 Å². The molecular weight excluding hydrogens is 383 g/mol. The molecule has 0 fully saturated rings. The van der Waals surface area contributed by atoms with E-state index in [2.05, 4.69) is 6.92 Å². The van der Waals surface area contributed by atoms with E-state index in [0.717, 1.165) is 12.8 Å². The van der Waals surface area contributed by atoms with Crippen molar-refractivity contribution in [3.63, 3.8) is 0 Å². The zero-order valence-electron chi connectivity index (χ0n) is 19.5. The molecule has 0 saturated heterocycles. The minimum atomic E-state index is -5.39. The third-order valence-electron chi connectivity index (χ3n) is 4.00. The van der Waals surface area contributed by atoms with E-state index in [1.807, 2.05) is 0 Å². The van der Waals surface area contributed by atoms with Crippen LogP contribution in [0, 0.1) is 0 Å². The van der Waals surface area contributed by atoms with Gasteiger partial charge >= 0.3 is 0 Å². The summed E-state index contributed by atoms with van der Waals surface area (Å²) in [6.45, 7) is 2.41. The van der Waals surface area contributed by atoms with Gasteiger partial charge in [0.05, 0.1) is 0 Å². The summed E-state index contributed by atoms with van der Waals surface area (Å²) in [5.74, 6) is 0. The Labute approximate surface area is 173 Å². The van der Waals surface area contributed by atoms with Gasteiger partial charge in [0.15, 0.2) is 0 Å². The second-order valence-electron chi connectivity index (χ2n) is 6.45. The Kier molecular flexibility index (Phi) is 51.8. The lowest BCUT2D eigenvalue weighted by molar-refractivity contribution is -0.432. The number of quaternary nitrogens is 4. The molecule has 9 nitrogen and oxygen atoms in total. The summed E-state index contributed by atoms with van der Waals surface area (Å²) in [7, 11) is -5.39. The molecule has 180 valence electrons. The average molecular weight is 437 g/mol. The maximum absolute atomic E-state index is 10.3. The van der Waals surface area contributed by atoms with Gasteiger partial charge in [0.2, 0.25) is 0 Å². The molecule has 0 heterocycles. The molecule has 0 bridgehead atoms. The molecule has 0 atom stereocenters. The van der Waals surface area contributed by atoms with Crippen molar-refractivity contribution in [2.24, 2.45) is 0 Å². The molecule has 0 aliphatic rings. The standard InChI is InChI=1S/C18H37O.4H3N.H3O4P/c1-2-3-4-5-6-7-8-9-10-11-12-13-14-15-16-17-18-19;;;;;1-5(2,3)4/h2-18H2,1H3;4*1H3;(H3,1,2,3,4)/q-1;;;;;/p+1. The SMILES string of the molecule is CCCCCCCCCCCCCCCCCC[O-].O=P([O-])([O-])[O-].[NH4+].[NH4+].[NH4+].[NH4+]. The number of rotatable bonds is 16. The van der Waals surface area contributed by atoms with E-state index in [-0.39, 0.29) is 31.2 Å². The quantitative estimate of drug-likeness (QED) is 0.203. The molecule has 28 heavy (non-hydrogen) atoms. The Bertz CT molecular complexity index is 260. The lowest BCUT2D eigenvalue weighted by Gasteiger charge is -2.36. The Balaban J connectivity index is -0.000000120. The van der Waals surface area contributed by atoms with Crippen LogP contribution in [0.4, 0.5) is 0 Å². The van der Waals surface area contributed by atoms with Gasteiger partial charge in [-0.3, -0.25) is 0 Å². The predicted molar refractivity (Wildman–Crippen MR) is 116 cm³/mol. The maximum atomic E-state index is 10.3. The number of hydrogen-bond donors (Lipinski definition) is 4. The fourth-order valence-electron chi connectivity index (χ4n) is 2.65. The number of unbranched alkanes of at least 4 members (excludes halogenated alkanes) is 15. The van der Waals surface area contributed by atoms with Crippen LogP contribution in [-0.2, 0) is 4.57 Å². The largest absolute Gasteiger partial charge is 0.854 e. The van der Waals surface area contributed by atoms with Crippen molar-refractivity contribution in [3.8, 4) is 0 Å². The van der Waals surface area contributed by atoms with Gasteiger partial charge in [-0.25, -0.2) is 0 Å². The van der Waals surface area contributed by atoms with E-state index in [0.29, 0.717) is 0 Å². The zero-order valence-corrected chi connectivity index (χ0v) is 20.4. The Morgan fingerprint density at radius 1 is 0.500 bits per heavy atom. The minimum Gasteiger partial charge on any atom is -0.854 e. The molecule has 0 spiro atoms. The third kappa shape index (κ3) is 63.5. The Hall–Kier alpha value is -0.0900. The highest BCUT2D eigenvalue weighted by Gasteiger charge is 1.93. The molecule has 0 radical (unpaired) electrons. The zero-order chi connectivity index (χ0) is 18.5. The fraction of sp³-hybridized carbons (Fsp3) is 1.00. The smallest absolute Gasteiger partial charge is 0.0533 e. The highest BCUT2D eigenvalue weighted by Crippen LogP contribution is 2.13. The molecule has 10 heteroatoms. The van der Waals surface area contributed by atoms with Crippen LogP contribution < -0.4 is 44.4 Å². The van der Waals surface area contributed by atoms with Crippen molar-refractivity contribution in [1.82, 2.24) is 24.6 Å². The number of phosphoric acid groups is 1. The first kappa shape index (κ1) is 42.1. The lowest BCUT2D eigenvalue weighted by atomic mass is 10.0. The second-order valence-corrected chi connectivity index (χ2v) is 7.35. The van der Waals surface area contributed by atoms with Gasteiger partial charge in [0.1, 0.15) is 0 Å². The summed E-state index contributed by atoms with van der Waals surface area (Å²) >= 11 is 0. The van der Waals surface area contributed by atoms with Gasteiger partial charge in [0, 0.05) is 0 Å². The van der Waals surface area contributed by atoms with Crippen molar-refractivity contribution >= 4 is 7.82 Å². The van der Waals surface area contributed by atoms with E-state index in [1.54, 1.807) is 0 Å². The lowest BCUT2D eigenvalue weighted by Crippen LogP contribution is -2.24. The summed E-state index contributed by atoms with van der Waals surface area (Å²) in [6.07, 6.45) is 21.8. The summed E-state index contributed by atoms with van der Waals surface area (Å²) in [6, 6.07) is 0. The first-order valence-corrected chi connectivity index (χ1v) is 11.2.